The van der Waals surface area contributed by atoms with Crippen molar-refractivity contribution in [1.29, 1.82) is 0 Å². The lowest BCUT2D eigenvalue weighted by Gasteiger charge is -2.35. The fourth-order valence-electron chi connectivity index (χ4n) is 4.46. The summed E-state index contributed by atoms with van der Waals surface area (Å²) in [5.74, 6) is 1.29. The number of likely N-dealkylation sites (tertiary alicyclic amines) is 1. The molecule has 1 aliphatic carbocycles. The molecule has 4 rings (SSSR count). The van der Waals surface area contributed by atoms with Gasteiger partial charge in [-0.1, -0.05) is 30.3 Å². The lowest BCUT2D eigenvalue weighted by Crippen LogP contribution is -2.46. The molecule has 1 saturated heterocycles. The molecule has 2 amide bonds. The predicted octanol–water partition coefficient (Wildman–Crippen LogP) is 4.17. The van der Waals surface area contributed by atoms with Crippen LogP contribution >= 0.6 is 0 Å². The lowest BCUT2D eigenvalue weighted by atomic mass is 9.91. The van der Waals surface area contributed by atoms with Gasteiger partial charge in [0.2, 0.25) is 5.91 Å². The maximum atomic E-state index is 13.3. The minimum atomic E-state index is -0.295. The fraction of sp³-hybridized carbons (Fsp3) is 0.462. The van der Waals surface area contributed by atoms with Gasteiger partial charge in [0.15, 0.2) is 0 Å². The molecule has 2 aromatic carbocycles. The van der Waals surface area contributed by atoms with Crippen LogP contribution in [0.5, 0.6) is 5.75 Å². The molecule has 2 fully saturated rings. The number of ether oxygens (including phenoxy) is 1. The number of rotatable bonds is 7. The van der Waals surface area contributed by atoms with Crippen molar-refractivity contribution in [3.05, 3.63) is 65.7 Å². The van der Waals surface area contributed by atoms with Gasteiger partial charge in [0.05, 0.1) is 12.0 Å². The van der Waals surface area contributed by atoms with Crippen LogP contribution in [0.2, 0.25) is 0 Å². The summed E-state index contributed by atoms with van der Waals surface area (Å²) in [4.78, 5) is 27.5. The average molecular weight is 421 g/mol. The molecule has 0 spiro atoms. The monoisotopic (exact) mass is 420 g/mol. The van der Waals surface area contributed by atoms with Crippen molar-refractivity contribution >= 4 is 11.8 Å². The van der Waals surface area contributed by atoms with E-state index in [0.29, 0.717) is 18.1 Å². The highest BCUT2D eigenvalue weighted by molar-refractivity contribution is 5.94. The Kier molecular flexibility index (Phi) is 6.30. The zero-order chi connectivity index (χ0) is 21.8. The van der Waals surface area contributed by atoms with Crippen LogP contribution in [0.3, 0.4) is 0 Å². The molecular formula is C26H32N2O3. The van der Waals surface area contributed by atoms with Crippen LogP contribution in [-0.4, -0.2) is 42.5 Å². The first kappa shape index (κ1) is 21.4. The van der Waals surface area contributed by atoms with E-state index >= 15 is 0 Å². The van der Waals surface area contributed by atoms with Crippen molar-refractivity contribution in [2.75, 3.05) is 19.7 Å². The van der Waals surface area contributed by atoms with Crippen molar-refractivity contribution < 1.29 is 14.3 Å². The summed E-state index contributed by atoms with van der Waals surface area (Å²) in [6.45, 7) is 6.06. The summed E-state index contributed by atoms with van der Waals surface area (Å²) in [7, 11) is 0. The second-order valence-corrected chi connectivity index (χ2v) is 9.17. The van der Waals surface area contributed by atoms with Gasteiger partial charge in [-0.2, -0.15) is 0 Å². The largest absolute Gasteiger partial charge is 0.493 e. The van der Waals surface area contributed by atoms with Gasteiger partial charge in [-0.15, -0.1) is 0 Å². The van der Waals surface area contributed by atoms with Crippen LogP contribution in [-0.2, 0) is 10.2 Å². The van der Waals surface area contributed by atoms with E-state index in [0.717, 1.165) is 50.1 Å². The van der Waals surface area contributed by atoms with E-state index in [1.165, 1.54) is 0 Å². The standard InChI is InChI=1S/C26H32N2O3/c1-19(2)27-24(29)21-10-12-23(13-11-21)31-18-20-7-6-16-28(17-20)25(30)26(14-15-26)22-8-4-3-5-9-22/h3-5,8-13,19-20H,6-7,14-18H2,1-2H3,(H,27,29)/t20-/m0/s1. The normalized spacial score (nSPS) is 19.7. The van der Waals surface area contributed by atoms with Crippen LogP contribution in [0.15, 0.2) is 54.6 Å². The summed E-state index contributed by atoms with van der Waals surface area (Å²) in [6, 6.07) is 17.6. The number of carbonyl (C=O) groups is 2. The molecule has 2 aromatic rings. The number of benzene rings is 2. The molecule has 0 bridgehead atoms. The molecule has 1 heterocycles. The van der Waals surface area contributed by atoms with Gasteiger partial charge in [-0.05, 0) is 69.4 Å². The molecule has 2 aliphatic rings. The molecule has 5 nitrogen and oxygen atoms in total. The molecule has 5 heteroatoms. The smallest absolute Gasteiger partial charge is 0.251 e. The molecule has 0 aromatic heterocycles. The predicted molar refractivity (Wildman–Crippen MR) is 121 cm³/mol. The third-order valence-corrected chi connectivity index (χ3v) is 6.31. The molecule has 164 valence electrons. The van der Waals surface area contributed by atoms with Crippen LogP contribution in [0.1, 0.15) is 55.5 Å². The van der Waals surface area contributed by atoms with Gasteiger partial charge in [-0.3, -0.25) is 9.59 Å². The fourth-order valence-corrected chi connectivity index (χ4v) is 4.46. The van der Waals surface area contributed by atoms with E-state index in [2.05, 4.69) is 22.3 Å². The second kappa shape index (κ2) is 9.13. The Morgan fingerprint density at radius 2 is 1.81 bits per heavy atom. The average Bonchev–Trinajstić information content (AvgIpc) is 3.60. The minimum Gasteiger partial charge on any atom is -0.493 e. The van der Waals surface area contributed by atoms with Crippen LogP contribution in [0.4, 0.5) is 0 Å². The Hall–Kier alpha value is -2.82. The first-order valence-electron chi connectivity index (χ1n) is 11.4. The number of nitrogens with one attached hydrogen (secondary N) is 1. The zero-order valence-corrected chi connectivity index (χ0v) is 18.5. The summed E-state index contributed by atoms with van der Waals surface area (Å²) >= 11 is 0. The van der Waals surface area contributed by atoms with Gasteiger partial charge in [0.1, 0.15) is 5.75 Å². The number of nitrogens with zero attached hydrogens (tertiary/aromatic N) is 1. The number of amides is 2. The maximum absolute atomic E-state index is 13.3. The van der Waals surface area contributed by atoms with E-state index in [9.17, 15) is 9.59 Å². The van der Waals surface area contributed by atoms with E-state index < -0.39 is 0 Å². The van der Waals surface area contributed by atoms with Crippen molar-refractivity contribution in [3.63, 3.8) is 0 Å². The Morgan fingerprint density at radius 3 is 2.45 bits per heavy atom. The van der Waals surface area contributed by atoms with E-state index in [4.69, 9.17) is 4.74 Å². The summed E-state index contributed by atoms with van der Waals surface area (Å²) in [5.41, 5.74) is 1.49. The van der Waals surface area contributed by atoms with Crippen molar-refractivity contribution in [3.8, 4) is 5.75 Å². The van der Waals surface area contributed by atoms with E-state index in [-0.39, 0.29) is 23.3 Å². The summed E-state index contributed by atoms with van der Waals surface area (Å²) in [6.07, 6.45) is 3.98. The third kappa shape index (κ3) is 4.92. The summed E-state index contributed by atoms with van der Waals surface area (Å²) < 4.78 is 6.01. The molecule has 1 N–H and O–H groups in total. The maximum Gasteiger partial charge on any atom is 0.251 e. The highest BCUT2D eigenvalue weighted by atomic mass is 16.5. The van der Waals surface area contributed by atoms with Crippen LogP contribution < -0.4 is 10.1 Å². The molecular weight excluding hydrogens is 388 g/mol. The van der Waals surface area contributed by atoms with Gasteiger partial charge < -0.3 is 15.0 Å². The Balaban J connectivity index is 1.31. The molecule has 31 heavy (non-hydrogen) atoms. The highest BCUT2D eigenvalue weighted by Crippen LogP contribution is 2.49. The molecule has 1 atom stereocenters. The number of hydrogen-bond donors (Lipinski definition) is 1. The number of carbonyl (C=O) groups excluding carboxylic acids is 2. The molecule has 1 aliphatic heterocycles. The lowest BCUT2D eigenvalue weighted by molar-refractivity contribution is -0.136. The van der Waals surface area contributed by atoms with Crippen molar-refractivity contribution in [1.82, 2.24) is 10.2 Å². The second-order valence-electron chi connectivity index (χ2n) is 9.17. The SMILES string of the molecule is CC(C)NC(=O)c1ccc(OC[C@H]2CCCN(C(=O)C3(c4ccccc4)CC3)C2)cc1. The quantitative estimate of drug-likeness (QED) is 0.731. The molecule has 0 radical (unpaired) electrons. The number of piperidine rings is 1. The first-order chi connectivity index (χ1) is 15.0. The van der Waals surface area contributed by atoms with Gasteiger partial charge in [-0.25, -0.2) is 0 Å². The van der Waals surface area contributed by atoms with Gasteiger partial charge in [0, 0.05) is 30.6 Å². The summed E-state index contributed by atoms with van der Waals surface area (Å²) in [5, 5.41) is 2.89. The molecule has 0 unspecified atom stereocenters. The molecule has 1 saturated carbocycles. The third-order valence-electron chi connectivity index (χ3n) is 6.31. The van der Waals surface area contributed by atoms with Crippen LogP contribution in [0.25, 0.3) is 0 Å². The van der Waals surface area contributed by atoms with E-state index in [1.54, 1.807) is 12.1 Å². The Morgan fingerprint density at radius 1 is 1.10 bits per heavy atom. The van der Waals surface area contributed by atoms with Gasteiger partial charge >= 0.3 is 0 Å². The Bertz CT molecular complexity index is 904. The number of hydrogen-bond acceptors (Lipinski definition) is 3. The van der Waals surface area contributed by atoms with Crippen LogP contribution in [0, 0.1) is 5.92 Å². The highest BCUT2D eigenvalue weighted by Gasteiger charge is 2.53. The topological polar surface area (TPSA) is 58.6 Å². The minimum absolute atomic E-state index is 0.0737. The van der Waals surface area contributed by atoms with E-state index in [1.807, 2.05) is 44.2 Å². The van der Waals surface area contributed by atoms with Gasteiger partial charge in [0.25, 0.3) is 5.91 Å². The van der Waals surface area contributed by atoms with Crippen molar-refractivity contribution in [2.45, 2.75) is 51.0 Å². The van der Waals surface area contributed by atoms with Crippen molar-refractivity contribution in [2.24, 2.45) is 5.92 Å². The Labute approximate surface area is 184 Å². The first-order valence-corrected chi connectivity index (χ1v) is 11.4. The zero-order valence-electron chi connectivity index (χ0n) is 18.5.